The van der Waals surface area contributed by atoms with Crippen LogP contribution in [0.3, 0.4) is 0 Å². The largest absolute Gasteiger partial charge is 0.399 e. The summed E-state index contributed by atoms with van der Waals surface area (Å²) in [6, 6.07) is 14.2. The number of nitrogen functional groups attached to an aromatic ring is 1. The van der Waals surface area contributed by atoms with E-state index < -0.39 is 10.8 Å². The minimum absolute atomic E-state index is 0.0185. The van der Waals surface area contributed by atoms with Crippen molar-refractivity contribution in [3.05, 3.63) is 59.7 Å². The summed E-state index contributed by atoms with van der Waals surface area (Å²) in [5.41, 5.74) is 8.02. The van der Waals surface area contributed by atoms with Gasteiger partial charge in [-0.25, -0.2) is 4.72 Å². The molecule has 0 radical (unpaired) electrons. The highest BCUT2D eigenvalue weighted by atomic mass is 32.3. The molecule has 0 fully saturated rings. The molecule has 2 aromatic carbocycles. The summed E-state index contributed by atoms with van der Waals surface area (Å²) >= 11 is 0. The van der Waals surface area contributed by atoms with E-state index >= 15 is 0 Å². The van der Waals surface area contributed by atoms with Gasteiger partial charge in [0.25, 0.3) is 0 Å². The van der Waals surface area contributed by atoms with Gasteiger partial charge >= 0.3 is 0 Å². The summed E-state index contributed by atoms with van der Waals surface area (Å²) in [5, 5.41) is 0. The lowest BCUT2D eigenvalue weighted by molar-refractivity contribution is 0.461. The minimum Gasteiger partial charge on any atom is -0.399 e. The van der Waals surface area contributed by atoms with Gasteiger partial charge in [-0.05, 0) is 62.4 Å². The molecule has 5 N–H and O–H groups in total. The Labute approximate surface area is 132 Å². The van der Waals surface area contributed by atoms with Crippen molar-refractivity contribution in [2.75, 3.05) is 5.73 Å². The molecule has 0 saturated heterocycles. The molecule has 0 spiro atoms. The van der Waals surface area contributed by atoms with Crippen molar-refractivity contribution in [1.82, 2.24) is 4.72 Å². The quantitative estimate of drug-likeness (QED) is 0.514. The smallest absolute Gasteiger partial charge is 0.0751 e. The van der Waals surface area contributed by atoms with Crippen LogP contribution >= 0.6 is 10.8 Å². The molecule has 0 aromatic heterocycles. The molecule has 0 bridgehead atoms. The predicted molar refractivity (Wildman–Crippen MR) is 92.7 cm³/mol. The Morgan fingerprint density at radius 3 is 1.82 bits per heavy atom. The van der Waals surface area contributed by atoms with Gasteiger partial charge in [0.2, 0.25) is 0 Å². The molecule has 4 nitrogen and oxygen atoms in total. The lowest BCUT2D eigenvalue weighted by Crippen LogP contribution is -2.26. The van der Waals surface area contributed by atoms with Gasteiger partial charge in [0.15, 0.2) is 0 Å². The Balaban J connectivity index is 2.14. The number of benzene rings is 2. The molecule has 0 unspecified atom stereocenters. The molecule has 0 atom stereocenters. The fourth-order valence-corrected chi connectivity index (χ4v) is 3.14. The van der Waals surface area contributed by atoms with Crippen LogP contribution in [0.15, 0.2) is 53.4 Å². The summed E-state index contributed by atoms with van der Waals surface area (Å²) in [5.74, 6) is 6.07. The van der Waals surface area contributed by atoms with E-state index in [0.29, 0.717) is 10.6 Å². The lowest BCUT2D eigenvalue weighted by Gasteiger charge is -2.34. The van der Waals surface area contributed by atoms with Crippen molar-refractivity contribution in [3.8, 4) is 11.8 Å². The maximum absolute atomic E-state index is 10.1. The standard InChI is InChI=1S/C17H20N2O2S/c1-13(2)19-22(20,21)17-11-7-15(8-12-17)4-3-14-5-9-16(18)10-6-14/h5-13,19-21H,18H2,1-2H3. The molecule has 0 aliphatic rings. The Bertz CT molecular complexity index is 683. The average Bonchev–Trinajstić information content (AvgIpc) is 2.46. The second-order valence-corrected chi connectivity index (χ2v) is 7.02. The average molecular weight is 316 g/mol. The summed E-state index contributed by atoms with van der Waals surface area (Å²) in [6.45, 7) is 3.72. The van der Waals surface area contributed by atoms with E-state index in [0.717, 1.165) is 11.1 Å². The number of rotatable bonds is 3. The van der Waals surface area contributed by atoms with Crippen molar-refractivity contribution in [2.24, 2.45) is 0 Å². The third-order valence-electron chi connectivity index (χ3n) is 2.84. The second-order valence-electron chi connectivity index (χ2n) is 5.22. The van der Waals surface area contributed by atoms with E-state index in [1.54, 1.807) is 36.4 Å². The summed E-state index contributed by atoms with van der Waals surface area (Å²) < 4.78 is 22.9. The monoisotopic (exact) mass is 316 g/mol. The van der Waals surface area contributed by atoms with Gasteiger partial charge in [0, 0.05) is 22.9 Å². The van der Waals surface area contributed by atoms with Gasteiger partial charge < -0.3 is 5.73 Å². The van der Waals surface area contributed by atoms with E-state index in [1.165, 1.54) is 0 Å². The van der Waals surface area contributed by atoms with E-state index in [2.05, 4.69) is 16.6 Å². The van der Waals surface area contributed by atoms with Crippen LogP contribution < -0.4 is 10.5 Å². The van der Waals surface area contributed by atoms with Crippen LogP contribution in [0.2, 0.25) is 0 Å². The third-order valence-corrected chi connectivity index (χ3v) is 4.57. The maximum Gasteiger partial charge on any atom is 0.0751 e. The van der Waals surface area contributed by atoms with Crippen molar-refractivity contribution in [1.29, 1.82) is 0 Å². The van der Waals surface area contributed by atoms with E-state index in [-0.39, 0.29) is 6.04 Å². The molecule has 2 aromatic rings. The first-order valence-electron chi connectivity index (χ1n) is 6.90. The molecule has 22 heavy (non-hydrogen) atoms. The Kier molecular flexibility index (Phi) is 5.11. The van der Waals surface area contributed by atoms with Crippen LogP contribution in [0.4, 0.5) is 5.69 Å². The SMILES string of the molecule is CC(C)NS(O)(O)c1ccc(C#Cc2ccc(N)cc2)cc1. The number of hydrogen-bond donors (Lipinski definition) is 4. The minimum atomic E-state index is -2.96. The number of anilines is 1. The normalized spacial score (nSPS) is 11.9. The molecule has 0 saturated carbocycles. The Hall–Kier alpha value is -1.97. The first-order valence-corrected chi connectivity index (χ1v) is 8.44. The summed E-state index contributed by atoms with van der Waals surface area (Å²) in [6.07, 6.45) is 0. The van der Waals surface area contributed by atoms with Crippen LogP contribution in [0.25, 0.3) is 0 Å². The van der Waals surface area contributed by atoms with Crippen LogP contribution in [0.1, 0.15) is 25.0 Å². The summed E-state index contributed by atoms with van der Waals surface area (Å²) in [4.78, 5) is 0.458. The van der Waals surface area contributed by atoms with E-state index in [1.807, 2.05) is 26.0 Å². The van der Waals surface area contributed by atoms with Gasteiger partial charge in [0.05, 0.1) is 4.90 Å². The molecular weight excluding hydrogens is 296 g/mol. The van der Waals surface area contributed by atoms with Crippen molar-refractivity contribution in [3.63, 3.8) is 0 Å². The zero-order chi connectivity index (χ0) is 16.2. The Morgan fingerprint density at radius 2 is 1.36 bits per heavy atom. The van der Waals surface area contributed by atoms with Gasteiger partial charge in [-0.15, -0.1) is 10.8 Å². The van der Waals surface area contributed by atoms with Crippen molar-refractivity contribution in [2.45, 2.75) is 24.8 Å². The van der Waals surface area contributed by atoms with Crippen LogP contribution in [0, 0.1) is 11.8 Å². The Morgan fingerprint density at radius 1 is 0.909 bits per heavy atom. The van der Waals surface area contributed by atoms with Gasteiger partial charge in [0.1, 0.15) is 0 Å². The predicted octanol–water partition coefficient (Wildman–Crippen LogP) is 3.69. The zero-order valence-corrected chi connectivity index (χ0v) is 13.4. The third kappa shape index (κ3) is 4.52. The van der Waals surface area contributed by atoms with Gasteiger partial charge in [-0.3, -0.25) is 9.11 Å². The second kappa shape index (κ2) is 6.86. The number of hydrogen-bond acceptors (Lipinski definition) is 4. The molecule has 0 heterocycles. The summed E-state index contributed by atoms with van der Waals surface area (Å²) in [7, 11) is -2.96. The number of nitrogens with one attached hydrogen (secondary N) is 1. The molecule has 116 valence electrons. The first kappa shape index (κ1) is 16.4. The highest BCUT2D eigenvalue weighted by Crippen LogP contribution is 2.44. The molecule has 5 heteroatoms. The van der Waals surface area contributed by atoms with E-state index in [4.69, 9.17) is 5.73 Å². The van der Waals surface area contributed by atoms with Crippen LogP contribution in [0.5, 0.6) is 0 Å². The molecular formula is C17H20N2O2S. The van der Waals surface area contributed by atoms with Crippen molar-refractivity contribution >= 4 is 16.5 Å². The fraction of sp³-hybridized carbons (Fsp3) is 0.176. The number of nitrogens with two attached hydrogens (primary N) is 1. The molecule has 0 aliphatic carbocycles. The van der Waals surface area contributed by atoms with Gasteiger partial charge in [-0.2, -0.15) is 0 Å². The lowest BCUT2D eigenvalue weighted by atomic mass is 10.2. The van der Waals surface area contributed by atoms with E-state index in [9.17, 15) is 9.11 Å². The highest BCUT2D eigenvalue weighted by Gasteiger charge is 2.15. The maximum atomic E-state index is 10.1. The zero-order valence-electron chi connectivity index (χ0n) is 12.6. The van der Waals surface area contributed by atoms with Gasteiger partial charge in [-0.1, -0.05) is 11.8 Å². The molecule has 0 aliphatic heterocycles. The first-order chi connectivity index (χ1) is 10.4. The molecule has 2 rings (SSSR count). The highest BCUT2D eigenvalue weighted by molar-refractivity contribution is 8.22. The molecule has 0 amide bonds. The van der Waals surface area contributed by atoms with Crippen LogP contribution in [-0.4, -0.2) is 15.1 Å². The van der Waals surface area contributed by atoms with Crippen LogP contribution in [-0.2, 0) is 0 Å². The topological polar surface area (TPSA) is 78.5 Å². The fourth-order valence-electron chi connectivity index (χ4n) is 1.84. The van der Waals surface area contributed by atoms with Crippen molar-refractivity contribution < 1.29 is 9.11 Å².